The molecule has 0 amide bonds. The van der Waals surface area contributed by atoms with Crippen LogP contribution in [0.2, 0.25) is 0 Å². The van der Waals surface area contributed by atoms with Crippen LogP contribution in [0.3, 0.4) is 0 Å². The smallest absolute Gasteiger partial charge is 0.330 e. The third-order valence-electron chi connectivity index (χ3n) is 5.29. The van der Waals surface area contributed by atoms with Gasteiger partial charge in [0.05, 0.1) is 18.8 Å². The van der Waals surface area contributed by atoms with Gasteiger partial charge in [-0.3, -0.25) is 19.1 Å². The van der Waals surface area contributed by atoms with E-state index in [9.17, 15) is 19.5 Å². The molecule has 6 atom stereocenters. The van der Waals surface area contributed by atoms with Crippen molar-refractivity contribution in [3.8, 4) is 5.75 Å². The van der Waals surface area contributed by atoms with Crippen LogP contribution < -0.4 is 20.9 Å². The van der Waals surface area contributed by atoms with E-state index in [-0.39, 0.29) is 12.7 Å². The van der Waals surface area contributed by atoms with E-state index in [1.807, 2.05) is 6.07 Å². The number of H-pyrrole nitrogens is 1. The lowest BCUT2D eigenvalue weighted by molar-refractivity contribution is -0.149. The van der Waals surface area contributed by atoms with Gasteiger partial charge in [0, 0.05) is 18.2 Å². The number of hydrogen-bond acceptors (Lipinski definition) is 9. The number of benzene rings is 1. The van der Waals surface area contributed by atoms with E-state index in [1.165, 1.54) is 12.3 Å². The van der Waals surface area contributed by atoms with Gasteiger partial charge in [0.15, 0.2) is 6.23 Å². The molecule has 0 spiro atoms. The highest BCUT2D eigenvalue weighted by Crippen LogP contribution is 2.46. The highest BCUT2D eigenvalue weighted by atomic mass is 32.5. The van der Waals surface area contributed by atoms with Gasteiger partial charge in [0.1, 0.15) is 17.9 Å². The molecule has 11 nitrogen and oxygen atoms in total. The second-order valence-electron chi connectivity index (χ2n) is 8.47. The van der Waals surface area contributed by atoms with Gasteiger partial charge in [0.25, 0.3) is 5.56 Å². The molecule has 2 aromatic rings. The van der Waals surface area contributed by atoms with Gasteiger partial charge in [-0.15, -0.1) is 0 Å². The summed E-state index contributed by atoms with van der Waals surface area (Å²) < 4.78 is 24.2. The Morgan fingerprint density at radius 1 is 1.26 bits per heavy atom. The maximum Gasteiger partial charge on any atom is 0.330 e. The number of aliphatic hydroxyl groups excluding tert-OH is 1. The summed E-state index contributed by atoms with van der Waals surface area (Å²) in [6.07, 6.45) is -1.77. The number of carbonyl (C=O) groups is 1. The molecule has 3 rings (SSSR count). The lowest BCUT2D eigenvalue weighted by Crippen LogP contribution is -2.37. The summed E-state index contributed by atoms with van der Waals surface area (Å²) in [7, 11) is 0. The van der Waals surface area contributed by atoms with Gasteiger partial charge in [0.2, 0.25) is 0 Å². The number of para-hydroxylation sites is 1. The number of aliphatic hydroxyl groups is 1. The topological polar surface area (TPSA) is 141 Å². The second-order valence-corrected chi connectivity index (χ2v) is 11.6. The van der Waals surface area contributed by atoms with E-state index in [0.717, 1.165) is 4.57 Å². The molecule has 1 aliphatic rings. The first-order chi connectivity index (χ1) is 16.5. The minimum atomic E-state index is -3.30. The Labute approximate surface area is 207 Å². The third kappa shape index (κ3) is 7.09. The van der Waals surface area contributed by atoms with Crippen LogP contribution >= 0.6 is 6.64 Å². The number of ether oxygens (including phenoxy) is 2. The molecule has 1 aromatic heterocycles. The molecule has 192 valence electrons. The van der Waals surface area contributed by atoms with Crippen LogP contribution in [0.25, 0.3) is 0 Å². The summed E-state index contributed by atoms with van der Waals surface area (Å²) >= 11 is 5.69. The molecule has 1 aliphatic heterocycles. The van der Waals surface area contributed by atoms with Crippen molar-refractivity contribution >= 4 is 24.4 Å². The third-order valence-corrected chi connectivity index (χ3v) is 7.79. The van der Waals surface area contributed by atoms with Gasteiger partial charge in [-0.2, -0.15) is 0 Å². The Morgan fingerprint density at radius 2 is 1.94 bits per heavy atom. The fraction of sp³-hybridized carbons (Fsp3) is 0.500. The molecule has 3 N–H and O–H groups in total. The molecule has 1 saturated heterocycles. The Balaban J connectivity index is 1.75. The number of aromatic amines is 1. The molecule has 0 saturated carbocycles. The summed E-state index contributed by atoms with van der Waals surface area (Å²) in [5.41, 5.74) is -1.26. The van der Waals surface area contributed by atoms with E-state index in [0.29, 0.717) is 5.75 Å². The van der Waals surface area contributed by atoms with Crippen molar-refractivity contribution in [2.75, 3.05) is 6.61 Å². The van der Waals surface area contributed by atoms with Gasteiger partial charge in [-0.05, 0) is 44.7 Å². The van der Waals surface area contributed by atoms with Crippen LogP contribution in [0.5, 0.6) is 5.75 Å². The minimum absolute atomic E-state index is 0.0874. The number of aromatic nitrogens is 2. The van der Waals surface area contributed by atoms with Gasteiger partial charge < -0.3 is 23.6 Å². The van der Waals surface area contributed by atoms with E-state index in [1.54, 1.807) is 52.0 Å². The highest BCUT2D eigenvalue weighted by molar-refractivity contribution is 8.09. The first-order valence-electron chi connectivity index (χ1n) is 11.1. The van der Waals surface area contributed by atoms with Gasteiger partial charge >= 0.3 is 18.3 Å². The fourth-order valence-corrected chi connectivity index (χ4v) is 5.84. The zero-order valence-corrected chi connectivity index (χ0v) is 21.5. The average molecular weight is 528 g/mol. The SMILES string of the molecule is CC(C)OC(=O)[C@@H](C)NP(=S)(OC[C@H]1O[C@@H](n2ccc(=O)[nH]c2=O)[C@H](O)[C@@H]1C)Oc1ccccc1. The maximum atomic E-state index is 12.4. The van der Waals surface area contributed by atoms with Crippen molar-refractivity contribution in [1.29, 1.82) is 0 Å². The monoisotopic (exact) mass is 527 g/mol. The number of nitrogens with zero attached hydrogens (tertiary/aromatic N) is 1. The van der Waals surface area contributed by atoms with Gasteiger partial charge in [-0.1, -0.05) is 25.1 Å². The number of nitrogens with one attached hydrogen (secondary N) is 2. The molecule has 1 aromatic carbocycles. The van der Waals surface area contributed by atoms with Crippen molar-refractivity contribution in [1.82, 2.24) is 14.6 Å². The van der Waals surface area contributed by atoms with Crippen molar-refractivity contribution in [3.63, 3.8) is 0 Å². The quantitative estimate of drug-likeness (QED) is 0.309. The van der Waals surface area contributed by atoms with Crippen LogP contribution in [-0.2, 0) is 30.6 Å². The molecule has 0 radical (unpaired) electrons. The van der Waals surface area contributed by atoms with Crippen molar-refractivity contribution in [2.24, 2.45) is 5.92 Å². The normalized spacial score (nSPS) is 24.6. The lowest BCUT2D eigenvalue weighted by Gasteiger charge is -2.28. The molecule has 35 heavy (non-hydrogen) atoms. The highest BCUT2D eigenvalue weighted by Gasteiger charge is 2.43. The number of carbonyl (C=O) groups excluding carboxylic acids is 1. The molecule has 1 unspecified atom stereocenters. The number of rotatable bonds is 10. The predicted molar refractivity (Wildman–Crippen MR) is 132 cm³/mol. The van der Waals surface area contributed by atoms with Crippen molar-refractivity contribution in [3.05, 3.63) is 63.4 Å². The van der Waals surface area contributed by atoms with E-state index in [2.05, 4.69) is 10.1 Å². The first-order valence-corrected chi connectivity index (χ1v) is 13.8. The van der Waals surface area contributed by atoms with E-state index < -0.39 is 54.3 Å². The zero-order chi connectivity index (χ0) is 25.8. The largest absolute Gasteiger partial charge is 0.462 e. The summed E-state index contributed by atoms with van der Waals surface area (Å²) in [6, 6.07) is 9.14. The van der Waals surface area contributed by atoms with Crippen molar-refractivity contribution in [2.45, 2.75) is 58.3 Å². The maximum absolute atomic E-state index is 12.4. The predicted octanol–water partition coefficient (Wildman–Crippen LogP) is 1.68. The molecule has 13 heteroatoms. The van der Waals surface area contributed by atoms with Crippen molar-refractivity contribution < 1.29 is 28.4 Å². The molecular weight excluding hydrogens is 497 g/mol. The van der Waals surface area contributed by atoms with Crippen LogP contribution in [0.1, 0.15) is 33.9 Å². The van der Waals surface area contributed by atoms with Crippen LogP contribution in [0.4, 0.5) is 0 Å². The lowest BCUT2D eigenvalue weighted by atomic mass is 10.0. The summed E-state index contributed by atoms with van der Waals surface area (Å²) in [5, 5.41) is 13.6. The summed E-state index contributed by atoms with van der Waals surface area (Å²) in [5.74, 6) is -0.499. The number of hydrogen-bond donors (Lipinski definition) is 3. The Hall–Kier alpha value is -2.34. The van der Waals surface area contributed by atoms with Gasteiger partial charge in [-0.25, -0.2) is 9.88 Å². The molecule has 1 fully saturated rings. The van der Waals surface area contributed by atoms with E-state index in [4.69, 9.17) is 30.3 Å². The number of esters is 1. The average Bonchev–Trinajstić information content (AvgIpc) is 3.06. The first kappa shape index (κ1) is 27.3. The molecule has 0 bridgehead atoms. The minimum Gasteiger partial charge on any atom is -0.462 e. The van der Waals surface area contributed by atoms with Crippen LogP contribution in [-0.4, -0.2) is 51.6 Å². The Kier molecular flexibility index (Phi) is 9.03. The van der Waals surface area contributed by atoms with E-state index >= 15 is 0 Å². The molecular formula is C22H30N3O8PS. The second kappa shape index (κ2) is 11.6. The van der Waals surface area contributed by atoms with Crippen LogP contribution in [0, 0.1) is 5.92 Å². The standard InChI is InChI=1S/C22H30N3O8PS/c1-13(2)31-21(28)15(4)24-34(35,33-16-8-6-5-7-9-16)30-12-17-14(3)19(27)20(32-17)25-11-10-18(26)23-22(25)29/h5-11,13-15,17,19-20,27H,12H2,1-4H3,(H,24,35)(H,23,26,29)/t14-,15-,17-,19-,20-,34?/m1/s1. The summed E-state index contributed by atoms with van der Waals surface area (Å²) in [6.45, 7) is 3.44. The fourth-order valence-electron chi connectivity index (χ4n) is 3.42. The molecule has 2 heterocycles. The summed E-state index contributed by atoms with van der Waals surface area (Å²) in [4.78, 5) is 38.0. The zero-order valence-electron chi connectivity index (χ0n) is 19.8. The Bertz CT molecular complexity index is 1170. The van der Waals surface area contributed by atoms with Crippen LogP contribution in [0.15, 0.2) is 52.2 Å². The molecule has 0 aliphatic carbocycles. The Morgan fingerprint density at radius 3 is 2.57 bits per heavy atom.